The average molecular weight is 254 g/mol. The molecule has 96 valence electrons. The molecule has 0 spiro atoms. The molecule has 0 bridgehead atoms. The predicted molar refractivity (Wildman–Crippen MR) is 76.2 cm³/mol. The summed E-state index contributed by atoms with van der Waals surface area (Å²) >= 11 is 0. The van der Waals surface area contributed by atoms with E-state index in [4.69, 9.17) is 9.47 Å². The number of phenolic OH excluding ortho intramolecular Hbond substituents is 1. The van der Waals surface area contributed by atoms with Crippen LogP contribution in [0.4, 0.5) is 0 Å². The van der Waals surface area contributed by atoms with Crippen LogP contribution in [-0.2, 0) is 0 Å². The van der Waals surface area contributed by atoms with E-state index >= 15 is 0 Å². The van der Waals surface area contributed by atoms with Crippen LogP contribution in [0.1, 0.15) is 0 Å². The fourth-order valence-electron chi connectivity index (χ4n) is 2.35. The molecule has 3 aromatic carbocycles. The van der Waals surface area contributed by atoms with E-state index in [1.54, 1.807) is 20.3 Å². The third-order valence-corrected chi connectivity index (χ3v) is 3.34. The quantitative estimate of drug-likeness (QED) is 0.708. The molecule has 3 rings (SSSR count). The molecule has 3 aromatic rings. The van der Waals surface area contributed by atoms with Crippen LogP contribution in [0, 0.1) is 0 Å². The van der Waals surface area contributed by atoms with E-state index in [-0.39, 0.29) is 5.75 Å². The Kier molecular flexibility index (Phi) is 2.67. The van der Waals surface area contributed by atoms with Crippen molar-refractivity contribution in [1.29, 1.82) is 0 Å². The molecule has 0 atom stereocenters. The second-order valence-electron chi connectivity index (χ2n) is 4.40. The average Bonchev–Trinajstić information content (AvgIpc) is 2.45. The van der Waals surface area contributed by atoms with Gasteiger partial charge in [-0.2, -0.15) is 0 Å². The summed E-state index contributed by atoms with van der Waals surface area (Å²) in [6.07, 6.45) is 0. The number of phenols is 1. The Balaban J connectivity index is 2.36. The van der Waals surface area contributed by atoms with Crippen molar-refractivity contribution in [2.75, 3.05) is 14.2 Å². The molecule has 0 saturated carbocycles. The molecule has 0 unspecified atom stereocenters. The van der Waals surface area contributed by atoms with E-state index in [0.717, 1.165) is 27.3 Å². The Morgan fingerprint density at radius 1 is 0.789 bits per heavy atom. The Morgan fingerprint density at radius 2 is 1.53 bits per heavy atom. The second-order valence-corrected chi connectivity index (χ2v) is 4.40. The Morgan fingerprint density at radius 3 is 2.21 bits per heavy atom. The highest BCUT2D eigenvalue weighted by molar-refractivity contribution is 6.08. The van der Waals surface area contributed by atoms with Crippen molar-refractivity contribution < 1.29 is 14.6 Å². The van der Waals surface area contributed by atoms with Crippen molar-refractivity contribution in [3.63, 3.8) is 0 Å². The van der Waals surface area contributed by atoms with E-state index in [1.807, 2.05) is 36.4 Å². The Hall–Kier alpha value is -2.42. The van der Waals surface area contributed by atoms with Crippen LogP contribution in [0.15, 0.2) is 42.5 Å². The first-order valence-corrected chi connectivity index (χ1v) is 6.00. The van der Waals surface area contributed by atoms with Gasteiger partial charge in [0.15, 0.2) is 11.5 Å². The summed E-state index contributed by atoms with van der Waals surface area (Å²) in [5.41, 5.74) is 0. The minimum Gasteiger partial charge on any atom is -0.504 e. The predicted octanol–water partition coefficient (Wildman–Crippen LogP) is 3.72. The fraction of sp³-hybridized carbons (Fsp3) is 0.125. The smallest absolute Gasteiger partial charge is 0.161 e. The van der Waals surface area contributed by atoms with E-state index in [0.29, 0.717) is 5.75 Å². The molecule has 3 nitrogen and oxygen atoms in total. The molecule has 0 aromatic heterocycles. The normalized spacial score (nSPS) is 10.8. The van der Waals surface area contributed by atoms with Gasteiger partial charge in [0.2, 0.25) is 0 Å². The van der Waals surface area contributed by atoms with Gasteiger partial charge in [-0.1, -0.05) is 18.2 Å². The molecule has 0 heterocycles. The number of fused-ring (bicyclic) bond motifs is 3. The number of aromatic hydroxyl groups is 1. The van der Waals surface area contributed by atoms with Gasteiger partial charge >= 0.3 is 0 Å². The lowest BCUT2D eigenvalue weighted by Gasteiger charge is -2.09. The molecule has 0 aliphatic rings. The lowest BCUT2D eigenvalue weighted by atomic mass is 10.0. The van der Waals surface area contributed by atoms with Crippen LogP contribution in [0.25, 0.3) is 21.5 Å². The maximum atomic E-state index is 9.92. The number of hydrogen-bond donors (Lipinski definition) is 1. The summed E-state index contributed by atoms with van der Waals surface area (Å²) in [6.45, 7) is 0. The largest absolute Gasteiger partial charge is 0.504 e. The summed E-state index contributed by atoms with van der Waals surface area (Å²) in [4.78, 5) is 0. The number of rotatable bonds is 2. The van der Waals surface area contributed by atoms with Crippen molar-refractivity contribution in [1.82, 2.24) is 0 Å². The number of ether oxygens (including phenoxy) is 2. The first kappa shape index (κ1) is 11.7. The van der Waals surface area contributed by atoms with Crippen LogP contribution in [0.2, 0.25) is 0 Å². The highest BCUT2D eigenvalue weighted by Gasteiger charge is 2.07. The maximum Gasteiger partial charge on any atom is 0.161 e. The SMILES string of the molecule is COc1ccc2c(ccc3cc(OC)c(O)cc32)c1. The molecule has 0 radical (unpaired) electrons. The topological polar surface area (TPSA) is 38.7 Å². The van der Waals surface area contributed by atoms with Gasteiger partial charge in [-0.05, 0) is 45.8 Å². The van der Waals surface area contributed by atoms with Gasteiger partial charge in [0, 0.05) is 0 Å². The van der Waals surface area contributed by atoms with Crippen LogP contribution in [0.5, 0.6) is 17.2 Å². The van der Waals surface area contributed by atoms with Crippen LogP contribution >= 0.6 is 0 Å². The molecule has 0 aliphatic heterocycles. The number of methoxy groups -OCH3 is 2. The van der Waals surface area contributed by atoms with Crippen LogP contribution < -0.4 is 9.47 Å². The van der Waals surface area contributed by atoms with Crippen molar-refractivity contribution >= 4 is 21.5 Å². The highest BCUT2D eigenvalue weighted by Crippen LogP contribution is 2.35. The number of benzene rings is 3. The summed E-state index contributed by atoms with van der Waals surface area (Å²) in [5.74, 6) is 1.46. The lowest BCUT2D eigenvalue weighted by Crippen LogP contribution is -1.86. The van der Waals surface area contributed by atoms with E-state index in [2.05, 4.69) is 0 Å². The lowest BCUT2D eigenvalue weighted by molar-refractivity contribution is 0.374. The third-order valence-electron chi connectivity index (χ3n) is 3.34. The summed E-state index contributed by atoms with van der Waals surface area (Å²) < 4.78 is 10.4. The van der Waals surface area contributed by atoms with Crippen LogP contribution in [-0.4, -0.2) is 19.3 Å². The molecule has 0 fully saturated rings. The van der Waals surface area contributed by atoms with Gasteiger partial charge in [-0.25, -0.2) is 0 Å². The third kappa shape index (κ3) is 1.83. The molecule has 3 heteroatoms. The molecule has 19 heavy (non-hydrogen) atoms. The fourth-order valence-corrected chi connectivity index (χ4v) is 2.35. The molecule has 0 amide bonds. The van der Waals surface area contributed by atoms with E-state index < -0.39 is 0 Å². The van der Waals surface area contributed by atoms with E-state index in [9.17, 15) is 5.11 Å². The van der Waals surface area contributed by atoms with Gasteiger partial charge in [-0.3, -0.25) is 0 Å². The zero-order valence-electron chi connectivity index (χ0n) is 10.8. The second kappa shape index (κ2) is 4.35. The van der Waals surface area contributed by atoms with Crippen molar-refractivity contribution in [3.05, 3.63) is 42.5 Å². The summed E-state index contributed by atoms with van der Waals surface area (Å²) in [7, 11) is 3.20. The molecular weight excluding hydrogens is 240 g/mol. The first-order chi connectivity index (χ1) is 9.22. The van der Waals surface area contributed by atoms with Gasteiger partial charge in [0.05, 0.1) is 14.2 Å². The zero-order valence-corrected chi connectivity index (χ0v) is 10.8. The minimum atomic E-state index is 0.151. The standard InChI is InChI=1S/C16H14O3/c1-18-12-5-6-13-10(7-12)3-4-11-8-16(19-2)15(17)9-14(11)13/h3-9,17H,1-2H3. The Bertz CT molecular complexity index is 763. The minimum absolute atomic E-state index is 0.151. The summed E-state index contributed by atoms with van der Waals surface area (Å²) in [6, 6.07) is 13.5. The molecule has 1 N–H and O–H groups in total. The highest BCUT2D eigenvalue weighted by atomic mass is 16.5. The first-order valence-electron chi connectivity index (χ1n) is 6.00. The Labute approximate surface area is 111 Å². The maximum absolute atomic E-state index is 9.92. The zero-order chi connectivity index (χ0) is 13.4. The molecule has 0 saturated heterocycles. The van der Waals surface area contributed by atoms with Gasteiger partial charge < -0.3 is 14.6 Å². The van der Waals surface area contributed by atoms with Crippen molar-refractivity contribution in [2.45, 2.75) is 0 Å². The van der Waals surface area contributed by atoms with Crippen molar-refractivity contribution in [2.24, 2.45) is 0 Å². The summed E-state index contributed by atoms with van der Waals surface area (Å²) in [5, 5.41) is 14.1. The monoisotopic (exact) mass is 254 g/mol. The van der Waals surface area contributed by atoms with E-state index in [1.165, 1.54) is 0 Å². The molecule has 0 aliphatic carbocycles. The van der Waals surface area contributed by atoms with Gasteiger partial charge in [0.25, 0.3) is 0 Å². The van der Waals surface area contributed by atoms with Gasteiger partial charge in [0.1, 0.15) is 5.75 Å². The van der Waals surface area contributed by atoms with Gasteiger partial charge in [-0.15, -0.1) is 0 Å². The van der Waals surface area contributed by atoms with Crippen molar-refractivity contribution in [3.8, 4) is 17.2 Å². The van der Waals surface area contributed by atoms with Crippen LogP contribution in [0.3, 0.4) is 0 Å². The molecular formula is C16H14O3. The number of hydrogen-bond acceptors (Lipinski definition) is 3.